The van der Waals surface area contributed by atoms with Crippen LogP contribution in [-0.2, 0) is 60.5 Å². The second-order valence-corrected chi connectivity index (χ2v) is 20.5. The van der Waals surface area contributed by atoms with Crippen molar-refractivity contribution >= 4 is 46.4 Å². The van der Waals surface area contributed by atoms with Gasteiger partial charge in [0.1, 0.15) is 17.2 Å². The normalized spacial score (nSPS) is 17.2. The van der Waals surface area contributed by atoms with Gasteiger partial charge < -0.3 is 14.6 Å². The second-order valence-electron chi connectivity index (χ2n) is 19.5. The lowest BCUT2D eigenvalue weighted by Gasteiger charge is -2.29. The first-order valence-corrected chi connectivity index (χ1v) is 24.2. The van der Waals surface area contributed by atoms with Crippen molar-refractivity contribution in [3.8, 4) is 0 Å². The highest BCUT2D eigenvalue weighted by molar-refractivity contribution is 7.99. The summed E-state index contributed by atoms with van der Waals surface area (Å²) in [6, 6.07) is 9.24. The van der Waals surface area contributed by atoms with Crippen LogP contribution in [0, 0.1) is 36.5 Å². The summed E-state index contributed by atoms with van der Waals surface area (Å²) in [5.41, 5.74) is 7.10. The molecule has 3 aromatic rings. The van der Waals surface area contributed by atoms with E-state index in [1.165, 1.54) is 5.56 Å². The van der Waals surface area contributed by atoms with Crippen molar-refractivity contribution in [2.45, 2.75) is 159 Å². The van der Waals surface area contributed by atoms with Gasteiger partial charge in [0.25, 0.3) is 0 Å². The summed E-state index contributed by atoms with van der Waals surface area (Å²) < 4.78 is 50.7. The number of thioether (sulfide) groups is 1. The maximum absolute atomic E-state index is 13.7. The van der Waals surface area contributed by atoms with Gasteiger partial charge in [-0.2, -0.15) is 13.2 Å². The SMILES string of the molecule is CCc1cc(C)cc(CC)c1C1=C(OC(=O)C(C)(C)C)CC(CCO)CC1=O.CCc1cc(C)cc(CC)c1C1=C(OC(=O)C(C)(C)C)CC(CCSc2nccc(C(F)(F)F)n2)CC1=O. The van der Waals surface area contributed by atoms with E-state index >= 15 is 0 Å². The number of carbonyl (C=O) groups excluding carboxylic acids is 4. The summed E-state index contributed by atoms with van der Waals surface area (Å²) in [4.78, 5) is 59.9. The number of esters is 2. The van der Waals surface area contributed by atoms with Crippen LogP contribution in [0.15, 0.2) is 53.2 Å². The quantitative estimate of drug-likeness (QED) is 0.0946. The predicted octanol–water partition coefficient (Wildman–Crippen LogP) is 12.2. The summed E-state index contributed by atoms with van der Waals surface area (Å²) in [5, 5.41) is 9.38. The first kappa shape index (κ1) is 54.0. The van der Waals surface area contributed by atoms with Gasteiger partial charge in [0.05, 0.1) is 22.0 Å². The smallest absolute Gasteiger partial charge is 0.430 e. The van der Waals surface area contributed by atoms with E-state index in [0.717, 1.165) is 88.7 Å². The van der Waals surface area contributed by atoms with Gasteiger partial charge in [0, 0.05) is 44.2 Å². The second kappa shape index (κ2) is 22.9. The predicted molar refractivity (Wildman–Crippen MR) is 254 cm³/mol. The maximum Gasteiger partial charge on any atom is 0.433 e. The fourth-order valence-corrected chi connectivity index (χ4v) is 9.23. The zero-order valence-electron chi connectivity index (χ0n) is 40.9. The average molecular weight is 935 g/mol. The number of rotatable bonds is 14. The van der Waals surface area contributed by atoms with Crippen LogP contribution < -0.4 is 0 Å². The van der Waals surface area contributed by atoms with Crippen molar-refractivity contribution in [1.82, 2.24) is 9.97 Å². The Morgan fingerprint density at radius 3 is 1.42 bits per heavy atom. The monoisotopic (exact) mass is 934 g/mol. The fourth-order valence-electron chi connectivity index (χ4n) is 8.30. The van der Waals surface area contributed by atoms with E-state index in [2.05, 4.69) is 55.0 Å². The summed E-state index contributed by atoms with van der Waals surface area (Å²) in [6.45, 7) is 23.1. The van der Waals surface area contributed by atoms with Crippen LogP contribution >= 0.6 is 11.8 Å². The summed E-state index contributed by atoms with van der Waals surface area (Å²) in [5.74, 6) is 0.371. The molecule has 0 fully saturated rings. The number of ether oxygens (including phenoxy) is 2. The molecule has 0 amide bonds. The van der Waals surface area contributed by atoms with Gasteiger partial charge in [-0.1, -0.05) is 74.8 Å². The van der Waals surface area contributed by atoms with Gasteiger partial charge in [-0.25, -0.2) is 9.97 Å². The van der Waals surface area contributed by atoms with Gasteiger partial charge >= 0.3 is 18.1 Å². The Labute approximate surface area is 393 Å². The molecule has 0 aliphatic heterocycles. The van der Waals surface area contributed by atoms with Crippen molar-refractivity contribution in [3.05, 3.63) is 98.2 Å². The fraction of sp³-hybridized carbons (Fsp3) is 0.547. The minimum Gasteiger partial charge on any atom is -0.430 e. The molecule has 2 aliphatic rings. The number of allylic oxidation sites excluding steroid dienone is 4. The van der Waals surface area contributed by atoms with E-state index in [9.17, 15) is 37.5 Å². The molecule has 2 unspecified atom stereocenters. The number of alkyl halides is 3. The van der Waals surface area contributed by atoms with Gasteiger partial charge in [0.2, 0.25) is 0 Å². The third kappa shape index (κ3) is 14.0. The lowest BCUT2D eigenvalue weighted by atomic mass is 9.79. The third-order valence-electron chi connectivity index (χ3n) is 11.8. The van der Waals surface area contributed by atoms with Gasteiger partial charge in [-0.05, 0) is 145 Å². The highest BCUT2D eigenvalue weighted by Gasteiger charge is 2.37. The van der Waals surface area contributed by atoms with Crippen molar-refractivity contribution in [1.29, 1.82) is 0 Å². The van der Waals surface area contributed by atoms with Crippen LogP contribution in [0.1, 0.15) is 158 Å². The van der Waals surface area contributed by atoms with Gasteiger partial charge in [-0.15, -0.1) is 0 Å². The Morgan fingerprint density at radius 1 is 0.682 bits per heavy atom. The molecule has 0 saturated heterocycles. The number of nitrogens with zero attached hydrogens (tertiary/aromatic N) is 2. The molecule has 9 nitrogen and oxygen atoms in total. The Morgan fingerprint density at radius 2 is 1.08 bits per heavy atom. The molecule has 2 aliphatic carbocycles. The number of hydrogen-bond acceptors (Lipinski definition) is 10. The van der Waals surface area contributed by atoms with E-state index in [1.807, 2.05) is 41.5 Å². The molecule has 360 valence electrons. The topological polar surface area (TPSA) is 133 Å². The van der Waals surface area contributed by atoms with Crippen LogP contribution in [0.3, 0.4) is 0 Å². The molecule has 5 rings (SSSR count). The number of aromatic nitrogens is 2. The van der Waals surface area contributed by atoms with E-state index in [0.29, 0.717) is 60.5 Å². The standard InChI is InChI=1S/C29H35F3N2O3S.C24H34O4/c1-7-19-13-17(3)14-20(8-2)24(19)25-21(35)15-18(16-22(25)37-26(36)28(4,5)6)10-12-38-27-33-11-9-23(34-27)29(30,31)32;1-7-17-11-15(3)12-18(8-2)21(17)22-19(26)13-16(9-10-25)14-20(22)28-23(27)24(4,5)6/h9,11,13-14,18H,7-8,10,12,15-16H2,1-6H3;11-12,16,25H,7-10,13-14H2,1-6H3. The average Bonchev–Trinajstić information content (AvgIpc) is 3.23. The van der Waals surface area contributed by atoms with Crippen LogP contribution in [0.25, 0.3) is 11.1 Å². The molecule has 1 aromatic heterocycles. The Kier molecular flexibility index (Phi) is 18.7. The van der Waals surface area contributed by atoms with Gasteiger partial charge in [0.15, 0.2) is 16.7 Å². The number of aliphatic hydroxyl groups excluding tert-OH is 1. The van der Waals surface area contributed by atoms with Crippen molar-refractivity contribution in [2.75, 3.05) is 12.4 Å². The zero-order valence-corrected chi connectivity index (χ0v) is 41.8. The van der Waals surface area contributed by atoms with Crippen LogP contribution in [0.2, 0.25) is 0 Å². The molecule has 66 heavy (non-hydrogen) atoms. The number of Topliss-reactive ketones (excluding diaryl/α,β-unsaturated/α-hetero) is 2. The van der Waals surface area contributed by atoms with E-state index < -0.39 is 28.7 Å². The molecule has 0 bridgehead atoms. The maximum atomic E-state index is 13.7. The van der Waals surface area contributed by atoms with Gasteiger partial charge in [-0.3, -0.25) is 19.2 Å². The molecule has 0 spiro atoms. The minimum absolute atomic E-state index is 0.00428. The summed E-state index contributed by atoms with van der Waals surface area (Å²) in [7, 11) is 0. The third-order valence-corrected chi connectivity index (χ3v) is 12.7. The number of aliphatic hydroxyl groups is 1. The van der Waals surface area contributed by atoms with Crippen LogP contribution in [-0.4, -0.2) is 50.9 Å². The highest BCUT2D eigenvalue weighted by Crippen LogP contribution is 2.42. The largest absolute Gasteiger partial charge is 0.433 e. The molecule has 0 saturated carbocycles. The van der Waals surface area contributed by atoms with E-state index in [-0.39, 0.29) is 47.6 Å². The molecule has 0 radical (unpaired) electrons. The van der Waals surface area contributed by atoms with Crippen LogP contribution in [0.4, 0.5) is 13.2 Å². The number of ketones is 2. The van der Waals surface area contributed by atoms with E-state index in [1.54, 1.807) is 20.8 Å². The Balaban J connectivity index is 0.000000302. The molecule has 2 atom stereocenters. The Bertz CT molecular complexity index is 2290. The number of benzene rings is 2. The molecule has 1 N–H and O–H groups in total. The number of aryl methyl sites for hydroxylation is 6. The summed E-state index contributed by atoms with van der Waals surface area (Å²) >= 11 is 1.12. The molecular formula is C53H69F3N2O7S. The first-order chi connectivity index (χ1) is 30.9. The Hall–Kier alpha value is -4.62. The molecular weight excluding hydrogens is 866 g/mol. The molecule has 1 heterocycles. The van der Waals surface area contributed by atoms with Crippen molar-refractivity contribution in [2.24, 2.45) is 22.7 Å². The number of carbonyl (C=O) groups is 4. The lowest BCUT2D eigenvalue weighted by Crippen LogP contribution is -2.28. The molecule has 2 aromatic carbocycles. The zero-order chi connectivity index (χ0) is 49.3. The van der Waals surface area contributed by atoms with Crippen molar-refractivity contribution < 1.29 is 46.9 Å². The van der Waals surface area contributed by atoms with Crippen molar-refractivity contribution in [3.63, 3.8) is 0 Å². The first-order valence-electron chi connectivity index (χ1n) is 23.2. The molecule has 13 heteroatoms. The minimum atomic E-state index is -4.54. The van der Waals surface area contributed by atoms with E-state index in [4.69, 9.17) is 9.47 Å². The highest BCUT2D eigenvalue weighted by atomic mass is 32.2. The number of halogens is 3. The summed E-state index contributed by atoms with van der Waals surface area (Å²) in [6.07, 6.45) is 2.27. The van der Waals surface area contributed by atoms with Crippen LogP contribution in [0.5, 0.6) is 0 Å². The number of hydrogen-bond donors (Lipinski definition) is 1. The lowest BCUT2D eigenvalue weighted by molar-refractivity contribution is -0.149.